The number of hydrogen-bond acceptors (Lipinski definition) is 8. The highest BCUT2D eigenvalue weighted by molar-refractivity contribution is 5.80. The lowest BCUT2D eigenvalue weighted by Gasteiger charge is -2.18. The topological polar surface area (TPSA) is 95.3 Å². The fraction of sp³-hybridized carbons (Fsp3) is 0.233. The van der Waals surface area contributed by atoms with Crippen LogP contribution < -0.4 is 20.1 Å². The minimum Gasteiger partial charge on any atom is -0.495 e. The van der Waals surface area contributed by atoms with E-state index in [0.29, 0.717) is 29.7 Å². The Labute approximate surface area is 223 Å². The molecule has 4 aromatic rings. The Morgan fingerprint density at radius 2 is 1.66 bits per heavy atom. The molecular formula is C30H32N6O2. The predicted molar refractivity (Wildman–Crippen MR) is 151 cm³/mol. The molecule has 0 spiro atoms. The maximum absolute atomic E-state index is 9.17. The van der Waals surface area contributed by atoms with E-state index in [1.54, 1.807) is 25.4 Å². The zero-order valence-corrected chi connectivity index (χ0v) is 21.9. The van der Waals surface area contributed by atoms with Crippen LogP contribution >= 0.6 is 0 Å². The van der Waals surface area contributed by atoms with E-state index in [4.69, 9.17) is 19.7 Å². The Bertz CT molecular complexity index is 1360. The molecule has 0 saturated carbocycles. The number of nitriles is 1. The summed E-state index contributed by atoms with van der Waals surface area (Å²) in [5.74, 6) is 2.56. The highest BCUT2D eigenvalue weighted by Gasteiger charge is 2.13. The van der Waals surface area contributed by atoms with Crippen molar-refractivity contribution in [2.75, 3.05) is 44.0 Å². The summed E-state index contributed by atoms with van der Waals surface area (Å²) in [6.45, 7) is 7.88. The molecule has 0 aliphatic rings. The molecule has 3 aromatic carbocycles. The lowest BCUT2D eigenvalue weighted by Crippen LogP contribution is -2.27. The molecule has 0 radical (unpaired) electrons. The van der Waals surface area contributed by atoms with E-state index in [9.17, 15) is 0 Å². The van der Waals surface area contributed by atoms with Gasteiger partial charge in [0.25, 0.3) is 0 Å². The molecule has 0 bridgehead atoms. The molecule has 0 fully saturated rings. The molecule has 0 amide bonds. The van der Waals surface area contributed by atoms with Crippen molar-refractivity contribution in [3.8, 4) is 28.7 Å². The summed E-state index contributed by atoms with van der Waals surface area (Å²) in [6, 6.07) is 24.9. The second kappa shape index (κ2) is 13.1. The van der Waals surface area contributed by atoms with E-state index in [-0.39, 0.29) is 0 Å². The minimum atomic E-state index is 0.440. The average Bonchev–Trinajstić information content (AvgIpc) is 2.97. The molecular weight excluding hydrogens is 476 g/mol. The maximum Gasteiger partial charge on any atom is 0.229 e. The highest BCUT2D eigenvalue weighted by atomic mass is 16.5. The number of aromatic nitrogens is 2. The standard InChI is InChI=1S/C30H32N6O2/c1-4-36(5-2)18-19-38-25-16-14-24(15-17-25)33-30-32-21-26(23-12-10-22(20-31)11-13-23)29(35-30)34-27-8-6-7-9-28(27)37-3/h6-17,21H,4-5,18-19H2,1-3H3,(H2,32,33,34,35). The number of ether oxygens (including phenoxy) is 2. The molecule has 2 N–H and O–H groups in total. The first kappa shape index (κ1) is 26.5. The second-order valence-electron chi connectivity index (χ2n) is 8.50. The largest absolute Gasteiger partial charge is 0.495 e. The quantitative estimate of drug-likeness (QED) is 0.232. The number of rotatable bonds is 12. The van der Waals surface area contributed by atoms with Gasteiger partial charge in [0, 0.05) is 24.0 Å². The van der Waals surface area contributed by atoms with Crippen molar-refractivity contribution in [3.05, 3.63) is 84.6 Å². The third-order valence-electron chi connectivity index (χ3n) is 6.15. The number of benzene rings is 3. The van der Waals surface area contributed by atoms with Gasteiger partial charge in [-0.1, -0.05) is 38.1 Å². The summed E-state index contributed by atoms with van der Waals surface area (Å²) in [5.41, 5.74) is 3.89. The summed E-state index contributed by atoms with van der Waals surface area (Å²) < 4.78 is 11.4. The Morgan fingerprint density at radius 3 is 2.34 bits per heavy atom. The van der Waals surface area contributed by atoms with Crippen LogP contribution in [0.5, 0.6) is 11.5 Å². The van der Waals surface area contributed by atoms with Gasteiger partial charge >= 0.3 is 0 Å². The van der Waals surface area contributed by atoms with Gasteiger partial charge in [0.05, 0.1) is 24.4 Å². The minimum absolute atomic E-state index is 0.440. The van der Waals surface area contributed by atoms with Crippen LogP contribution in [0.3, 0.4) is 0 Å². The van der Waals surface area contributed by atoms with Crippen LogP contribution in [0.1, 0.15) is 19.4 Å². The van der Waals surface area contributed by atoms with Gasteiger partial charge in [-0.25, -0.2) is 4.98 Å². The van der Waals surface area contributed by atoms with Crippen LogP contribution in [0.2, 0.25) is 0 Å². The molecule has 0 unspecified atom stereocenters. The molecule has 0 saturated heterocycles. The third kappa shape index (κ3) is 6.78. The summed E-state index contributed by atoms with van der Waals surface area (Å²) in [5, 5.41) is 15.8. The van der Waals surface area contributed by atoms with E-state index in [0.717, 1.165) is 47.9 Å². The summed E-state index contributed by atoms with van der Waals surface area (Å²) >= 11 is 0. The van der Waals surface area contributed by atoms with Gasteiger partial charge in [-0.2, -0.15) is 10.2 Å². The van der Waals surface area contributed by atoms with Crippen LogP contribution in [0, 0.1) is 11.3 Å². The van der Waals surface area contributed by atoms with Gasteiger partial charge in [-0.05, 0) is 67.2 Å². The molecule has 1 aromatic heterocycles. The number of methoxy groups -OCH3 is 1. The number of hydrogen-bond donors (Lipinski definition) is 2. The predicted octanol–water partition coefficient (Wildman–Crippen LogP) is 6.23. The number of likely N-dealkylation sites (N-methyl/N-ethyl adjacent to an activating group) is 1. The molecule has 8 heteroatoms. The number of anilines is 4. The van der Waals surface area contributed by atoms with Crippen LogP contribution in [0.4, 0.5) is 23.1 Å². The number of nitrogens with zero attached hydrogens (tertiary/aromatic N) is 4. The fourth-order valence-electron chi connectivity index (χ4n) is 3.94. The summed E-state index contributed by atoms with van der Waals surface area (Å²) in [7, 11) is 1.63. The van der Waals surface area contributed by atoms with E-state index in [2.05, 4.69) is 40.4 Å². The molecule has 194 valence electrons. The van der Waals surface area contributed by atoms with Crippen LogP contribution in [0.15, 0.2) is 79.0 Å². The highest BCUT2D eigenvalue weighted by Crippen LogP contribution is 2.33. The molecule has 0 atom stereocenters. The zero-order valence-electron chi connectivity index (χ0n) is 21.9. The Balaban J connectivity index is 1.55. The Morgan fingerprint density at radius 1 is 0.921 bits per heavy atom. The molecule has 4 rings (SSSR count). The van der Waals surface area contributed by atoms with E-state index in [1.807, 2.05) is 60.7 Å². The number of para-hydroxylation sites is 2. The van der Waals surface area contributed by atoms with Crippen molar-refractivity contribution in [1.29, 1.82) is 5.26 Å². The molecule has 38 heavy (non-hydrogen) atoms. The van der Waals surface area contributed by atoms with Gasteiger partial charge < -0.3 is 25.0 Å². The summed E-state index contributed by atoms with van der Waals surface area (Å²) in [4.78, 5) is 11.7. The second-order valence-corrected chi connectivity index (χ2v) is 8.50. The van der Waals surface area contributed by atoms with Crippen molar-refractivity contribution >= 4 is 23.1 Å². The molecule has 0 aliphatic carbocycles. The van der Waals surface area contributed by atoms with Crippen molar-refractivity contribution in [1.82, 2.24) is 14.9 Å². The van der Waals surface area contributed by atoms with Gasteiger partial charge in [0.15, 0.2) is 0 Å². The lowest BCUT2D eigenvalue weighted by molar-refractivity contribution is 0.223. The lowest BCUT2D eigenvalue weighted by atomic mass is 10.1. The van der Waals surface area contributed by atoms with Crippen molar-refractivity contribution < 1.29 is 9.47 Å². The Hall–Kier alpha value is -4.61. The summed E-state index contributed by atoms with van der Waals surface area (Å²) in [6.07, 6.45) is 1.76. The van der Waals surface area contributed by atoms with Gasteiger partial charge in [-0.3, -0.25) is 0 Å². The van der Waals surface area contributed by atoms with E-state index >= 15 is 0 Å². The van der Waals surface area contributed by atoms with Crippen molar-refractivity contribution in [2.45, 2.75) is 13.8 Å². The van der Waals surface area contributed by atoms with Gasteiger partial charge in [-0.15, -0.1) is 0 Å². The first-order chi connectivity index (χ1) is 18.6. The molecule has 8 nitrogen and oxygen atoms in total. The van der Waals surface area contributed by atoms with Crippen molar-refractivity contribution in [3.63, 3.8) is 0 Å². The normalized spacial score (nSPS) is 10.6. The average molecular weight is 509 g/mol. The Kier molecular flexibility index (Phi) is 9.11. The maximum atomic E-state index is 9.17. The smallest absolute Gasteiger partial charge is 0.229 e. The van der Waals surface area contributed by atoms with Crippen molar-refractivity contribution in [2.24, 2.45) is 0 Å². The first-order valence-corrected chi connectivity index (χ1v) is 12.6. The molecule has 1 heterocycles. The van der Waals surface area contributed by atoms with E-state index in [1.165, 1.54) is 0 Å². The van der Waals surface area contributed by atoms with Crippen LogP contribution in [-0.2, 0) is 0 Å². The van der Waals surface area contributed by atoms with E-state index < -0.39 is 0 Å². The van der Waals surface area contributed by atoms with Crippen LogP contribution in [0.25, 0.3) is 11.1 Å². The third-order valence-corrected chi connectivity index (χ3v) is 6.15. The van der Waals surface area contributed by atoms with Crippen LogP contribution in [-0.4, -0.2) is 48.2 Å². The van der Waals surface area contributed by atoms with Gasteiger partial charge in [0.1, 0.15) is 23.9 Å². The monoisotopic (exact) mass is 508 g/mol. The first-order valence-electron chi connectivity index (χ1n) is 12.6. The fourth-order valence-corrected chi connectivity index (χ4v) is 3.94. The van der Waals surface area contributed by atoms with Gasteiger partial charge in [0.2, 0.25) is 5.95 Å². The zero-order chi connectivity index (χ0) is 26.7. The SMILES string of the molecule is CCN(CC)CCOc1ccc(Nc2ncc(-c3ccc(C#N)cc3)c(Nc3ccccc3OC)n2)cc1. The number of nitrogens with one attached hydrogen (secondary N) is 2. The molecule has 0 aliphatic heterocycles.